The van der Waals surface area contributed by atoms with Gasteiger partial charge in [-0.25, -0.2) is 0 Å². The molecule has 19 heavy (non-hydrogen) atoms. The molecule has 5 heteroatoms. The van der Waals surface area contributed by atoms with Crippen molar-refractivity contribution >= 4 is 0 Å². The fraction of sp³-hybridized carbons (Fsp3) is 0.571. The lowest BCUT2D eigenvalue weighted by atomic mass is 10.1. The molecule has 0 unspecified atom stereocenters. The van der Waals surface area contributed by atoms with Crippen LogP contribution in [0.3, 0.4) is 0 Å². The van der Waals surface area contributed by atoms with E-state index in [0.29, 0.717) is 26.4 Å². The van der Waals surface area contributed by atoms with Gasteiger partial charge in [0.15, 0.2) is 0 Å². The van der Waals surface area contributed by atoms with E-state index in [2.05, 4.69) is 0 Å². The van der Waals surface area contributed by atoms with Crippen molar-refractivity contribution < 1.29 is 18.9 Å². The molecule has 0 spiro atoms. The predicted molar refractivity (Wildman–Crippen MR) is 73.8 cm³/mol. The van der Waals surface area contributed by atoms with Crippen LogP contribution < -0.4 is 15.2 Å². The molecule has 2 N–H and O–H groups in total. The van der Waals surface area contributed by atoms with E-state index < -0.39 is 0 Å². The first-order valence-electron chi connectivity index (χ1n) is 6.32. The monoisotopic (exact) mass is 269 g/mol. The van der Waals surface area contributed by atoms with E-state index in [9.17, 15) is 0 Å². The van der Waals surface area contributed by atoms with Crippen LogP contribution in [0.2, 0.25) is 0 Å². The second-order valence-electron chi connectivity index (χ2n) is 4.11. The second-order valence-corrected chi connectivity index (χ2v) is 4.11. The van der Waals surface area contributed by atoms with Crippen molar-refractivity contribution in [1.29, 1.82) is 0 Å². The number of hydrogen-bond donors (Lipinski definition) is 1. The Kier molecular flexibility index (Phi) is 7.25. The summed E-state index contributed by atoms with van der Waals surface area (Å²) < 4.78 is 21.2. The maximum Gasteiger partial charge on any atom is 0.127 e. The molecule has 0 saturated heterocycles. The third-order valence-electron chi connectivity index (χ3n) is 2.62. The van der Waals surface area contributed by atoms with E-state index in [-0.39, 0.29) is 6.04 Å². The first-order chi connectivity index (χ1) is 9.20. The molecule has 0 aliphatic rings. The zero-order valence-corrected chi connectivity index (χ0v) is 11.8. The molecule has 0 heterocycles. The summed E-state index contributed by atoms with van der Waals surface area (Å²) in [6.45, 7) is 4.04. The fourth-order valence-corrected chi connectivity index (χ4v) is 1.73. The van der Waals surface area contributed by atoms with Crippen molar-refractivity contribution in [3.63, 3.8) is 0 Å². The number of hydrogen-bond acceptors (Lipinski definition) is 5. The number of benzene rings is 1. The van der Waals surface area contributed by atoms with Crippen LogP contribution >= 0.6 is 0 Å². The van der Waals surface area contributed by atoms with Crippen molar-refractivity contribution in [1.82, 2.24) is 0 Å². The highest BCUT2D eigenvalue weighted by atomic mass is 16.5. The van der Waals surface area contributed by atoms with Crippen LogP contribution in [-0.2, 0) is 9.47 Å². The second kappa shape index (κ2) is 8.74. The number of ether oxygens (including phenoxy) is 4. The van der Waals surface area contributed by atoms with Gasteiger partial charge in [-0.3, -0.25) is 0 Å². The molecule has 0 radical (unpaired) electrons. The van der Waals surface area contributed by atoms with Gasteiger partial charge < -0.3 is 24.7 Å². The predicted octanol–water partition coefficient (Wildman–Crippen LogP) is 1.76. The van der Waals surface area contributed by atoms with Gasteiger partial charge in [0.05, 0.1) is 32.5 Å². The highest BCUT2D eigenvalue weighted by Gasteiger charge is 2.13. The molecule has 0 amide bonds. The Bertz CT molecular complexity index is 368. The van der Waals surface area contributed by atoms with Gasteiger partial charge in [0, 0.05) is 13.2 Å². The van der Waals surface area contributed by atoms with Gasteiger partial charge in [-0.15, -0.1) is 0 Å². The SMILES string of the molecule is COCCOCCOc1cccc(OC)c1[C@@H](C)N. The number of methoxy groups -OCH3 is 2. The summed E-state index contributed by atoms with van der Waals surface area (Å²) in [5.41, 5.74) is 6.83. The van der Waals surface area contributed by atoms with Crippen LogP contribution in [0, 0.1) is 0 Å². The summed E-state index contributed by atoms with van der Waals surface area (Å²) in [5, 5.41) is 0. The summed E-state index contributed by atoms with van der Waals surface area (Å²) in [6, 6.07) is 5.49. The van der Waals surface area contributed by atoms with E-state index in [1.807, 2.05) is 25.1 Å². The highest BCUT2D eigenvalue weighted by molar-refractivity contribution is 5.46. The zero-order chi connectivity index (χ0) is 14.1. The van der Waals surface area contributed by atoms with Crippen molar-refractivity contribution in [2.75, 3.05) is 40.6 Å². The lowest BCUT2D eigenvalue weighted by Crippen LogP contribution is -2.13. The third kappa shape index (κ3) is 5.06. The van der Waals surface area contributed by atoms with Crippen molar-refractivity contribution in [2.24, 2.45) is 5.73 Å². The molecule has 1 rings (SSSR count). The third-order valence-corrected chi connectivity index (χ3v) is 2.62. The normalized spacial score (nSPS) is 12.2. The van der Waals surface area contributed by atoms with Crippen molar-refractivity contribution in [2.45, 2.75) is 13.0 Å². The molecule has 0 aromatic heterocycles. The van der Waals surface area contributed by atoms with Gasteiger partial charge in [0.1, 0.15) is 18.1 Å². The van der Waals surface area contributed by atoms with Gasteiger partial charge in [-0.05, 0) is 19.1 Å². The van der Waals surface area contributed by atoms with Crippen LogP contribution in [0.1, 0.15) is 18.5 Å². The molecule has 1 atom stereocenters. The first-order valence-corrected chi connectivity index (χ1v) is 6.32. The summed E-state index contributed by atoms with van der Waals surface area (Å²) in [6.07, 6.45) is 0. The summed E-state index contributed by atoms with van der Waals surface area (Å²) >= 11 is 0. The first kappa shape index (κ1) is 15.8. The molecule has 1 aromatic rings. The van der Waals surface area contributed by atoms with Crippen LogP contribution in [0.5, 0.6) is 11.5 Å². The fourth-order valence-electron chi connectivity index (χ4n) is 1.73. The van der Waals surface area contributed by atoms with Gasteiger partial charge in [0.25, 0.3) is 0 Å². The largest absolute Gasteiger partial charge is 0.496 e. The Hall–Kier alpha value is -1.30. The smallest absolute Gasteiger partial charge is 0.127 e. The van der Waals surface area contributed by atoms with E-state index >= 15 is 0 Å². The van der Waals surface area contributed by atoms with Crippen LogP contribution in [0.25, 0.3) is 0 Å². The standard InChI is InChI=1S/C14H23NO4/c1-11(15)14-12(17-3)5-4-6-13(14)19-10-9-18-8-7-16-2/h4-6,11H,7-10,15H2,1-3H3/t11-/m1/s1. The minimum absolute atomic E-state index is 0.152. The van der Waals surface area contributed by atoms with Crippen LogP contribution in [0.15, 0.2) is 18.2 Å². The quantitative estimate of drug-likeness (QED) is 0.692. The zero-order valence-electron chi connectivity index (χ0n) is 11.8. The molecule has 0 saturated carbocycles. The lowest BCUT2D eigenvalue weighted by molar-refractivity contribution is 0.0542. The van der Waals surface area contributed by atoms with Gasteiger partial charge in [-0.1, -0.05) is 6.07 Å². The molecular weight excluding hydrogens is 246 g/mol. The van der Waals surface area contributed by atoms with Crippen molar-refractivity contribution in [3.8, 4) is 11.5 Å². The topological polar surface area (TPSA) is 62.9 Å². The Labute approximate surface area is 114 Å². The maximum atomic E-state index is 5.95. The summed E-state index contributed by atoms with van der Waals surface area (Å²) in [7, 11) is 3.27. The van der Waals surface area contributed by atoms with Crippen LogP contribution in [-0.4, -0.2) is 40.6 Å². The molecule has 1 aromatic carbocycles. The summed E-state index contributed by atoms with van der Waals surface area (Å²) in [5.74, 6) is 1.48. The Morgan fingerprint density at radius 1 is 1.05 bits per heavy atom. The average molecular weight is 269 g/mol. The highest BCUT2D eigenvalue weighted by Crippen LogP contribution is 2.32. The van der Waals surface area contributed by atoms with Crippen molar-refractivity contribution in [3.05, 3.63) is 23.8 Å². The molecule has 0 aliphatic heterocycles. The Morgan fingerprint density at radius 3 is 2.37 bits per heavy atom. The minimum Gasteiger partial charge on any atom is -0.496 e. The average Bonchev–Trinajstić information content (AvgIpc) is 2.42. The van der Waals surface area contributed by atoms with Gasteiger partial charge >= 0.3 is 0 Å². The van der Waals surface area contributed by atoms with Gasteiger partial charge in [-0.2, -0.15) is 0 Å². The molecule has 108 valence electrons. The van der Waals surface area contributed by atoms with E-state index in [0.717, 1.165) is 17.1 Å². The molecule has 0 fully saturated rings. The molecular formula is C14H23NO4. The molecule has 5 nitrogen and oxygen atoms in total. The molecule has 0 bridgehead atoms. The Morgan fingerprint density at radius 2 is 1.74 bits per heavy atom. The summed E-state index contributed by atoms with van der Waals surface area (Å²) in [4.78, 5) is 0. The Balaban J connectivity index is 2.53. The van der Waals surface area contributed by atoms with E-state index in [1.54, 1.807) is 14.2 Å². The number of nitrogens with two attached hydrogens (primary N) is 1. The van der Waals surface area contributed by atoms with Gasteiger partial charge in [0.2, 0.25) is 0 Å². The molecule has 0 aliphatic carbocycles. The minimum atomic E-state index is -0.152. The number of rotatable bonds is 9. The van der Waals surface area contributed by atoms with Crippen LogP contribution in [0.4, 0.5) is 0 Å². The maximum absolute atomic E-state index is 5.95. The van der Waals surface area contributed by atoms with E-state index in [4.69, 9.17) is 24.7 Å². The van der Waals surface area contributed by atoms with E-state index in [1.165, 1.54) is 0 Å². The lowest BCUT2D eigenvalue weighted by Gasteiger charge is -2.17.